The molecule has 0 spiro atoms. The second kappa shape index (κ2) is 5.62. The van der Waals surface area contributed by atoms with Crippen molar-refractivity contribution in [3.05, 3.63) is 5.82 Å². The molecule has 2 rings (SSSR count). The van der Waals surface area contributed by atoms with Gasteiger partial charge in [-0.25, -0.2) is 0 Å². The Labute approximate surface area is 114 Å². The minimum Gasteiger partial charge on any atom is -0.343 e. The summed E-state index contributed by atoms with van der Waals surface area (Å²) in [4.78, 5) is 5.51. The molecule has 0 radical (unpaired) electrons. The van der Waals surface area contributed by atoms with Gasteiger partial charge in [-0.3, -0.25) is 0 Å². The van der Waals surface area contributed by atoms with Gasteiger partial charge in [-0.2, -0.15) is 22.5 Å². The van der Waals surface area contributed by atoms with Crippen molar-refractivity contribution < 1.29 is 13.2 Å². The van der Waals surface area contributed by atoms with Crippen molar-refractivity contribution in [3.63, 3.8) is 0 Å². The standard InChI is InChI=1S/C11H17F3N4S/c1-7(2)18(6-8-4-3-5-15-8)10-16-9(17-19-10)11(12,13)14/h7-8,15H,3-6H2,1-2H3. The fourth-order valence-electron chi connectivity index (χ4n) is 2.11. The Morgan fingerprint density at radius 2 is 2.21 bits per heavy atom. The van der Waals surface area contributed by atoms with Crippen molar-refractivity contribution >= 4 is 16.7 Å². The van der Waals surface area contributed by atoms with E-state index in [1.807, 2.05) is 18.7 Å². The molecule has 4 nitrogen and oxygen atoms in total. The summed E-state index contributed by atoms with van der Waals surface area (Å²) < 4.78 is 41.0. The van der Waals surface area contributed by atoms with Crippen molar-refractivity contribution in [2.24, 2.45) is 0 Å². The van der Waals surface area contributed by atoms with Gasteiger partial charge in [0.05, 0.1) is 0 Å². The van der Waals surface area contributed by atoms with Crippen LogP contribution in [0.3, 0.4) is 0 Å². The van der Waals surface area contributed by atoms with E-state index in [9.17, 15) is 13.2 Å². The second-order valence-electron chi connectivity index (χ2n) is 4.94. The number of anilines is 1. The van der Waals surface area contributed by atoms with E-state index >= 15 is 0 Å². The molecule has 0 bridgehead atoms. The highest BCUT2D eigenvalue weighted by molar-refractivity contribution is 7.09. The second-order valence-corrected chi connectivity index (χ2v) is 5.67. The molecule has 1 fully saturated rings. The largest absolute Gasteiger partial charge is 0.452 e. The lowest BCUT2D eigenvalue weighted by molar-refractivity contribution is -0.144. The van der Waals surface area contributed by atoms with Crippen molar-refractivity contribution in [2.75, 3.05) is 18.0 Å². The topological polar surface area (TPSA) is 41.0 Å². The first-order valence-electron chi connectivity index (χ1n) is 6.29. The molecule has 2 heterocycles. The summed E-state index contributed by atoms with van der Waals surface area (Å²) in [7, 11) is 0. The van der Waals surface area contributed by atoms with E-state index < -0.39 is 12.0 Å². The number of hydrogen-bond acceptors (Lipinski definition) is 5. The van der Waals surface area contributed by atoms with Crippen LogP contribution in [-0.2, 0) is 6.18 Å². The molecular weight excluding hydrogens is 277 g/mol. The van der Waals surface area contributed by atoms with E-state index in [0.717, 1.165) is 30.9 Å². The van der Waals surface area contributed by atoms with Crippen LogP contribution in [0.4, 0.5) is 18.3 Å². The molecule has 1 unspecified atom stereocenters. The lowest BCUT2D eigenvalue weighted by Gasteiger charge is -2.28. The van der Waals surface area contributed by atoms with Crippen LogP contribution in [0.1, 0.15) is 32.5 Å². The summed E-state index contributed by atoms with van der Waals surface area (Å²) in [6.45, 7) is 5.54. The van der Waals surface area contributed by atoms with Crippen LogP contribution in [0.5, 0.6) is 0 Å². The Hall–Kier alpha value is -0.890. The van der Waals surface area contributed by atoms with Gasteiger partial charge in [0.25, 0.3) is 0 Å². The Morgan fingerprint density at radius 1 is 1.47 bits per heavy atom. The van der Waals surface area contributed by atoms with Gasteiger partial charge in [-0.1, -0.05) is 0 Å². The number of hydrogen-bond donors (Lipinski definition) is 1. The molecule has 0 amide bonds. The Bertz CT molecular complexity index is 412. The highest BCUT2D eigenvalue weighted by atomic mass is 32.1. The van der Waals surface area contributed by atoms with Gasteiger partial charge in [0.15, 0.2) is 0 Å². The molecule has 19 heavy (non-hydrogen) atoms. The van der Waals surface area contributed by atoms with E-state index in [4.69, 9.17) is 0 Å². The molecule has 108 valence electrons. The van der Waals surface area contributed by atoms with Gasteiger partial charge >= 0.3 is 6.18 Å². The van der Waals surface area contributed by atoms with Gasteiger partial charge < -0.3 is 10.2 Å². The highest BCUT2D eigenvalue weighted by Crippen LogP contribution is 2.31. The van der Waals surface area contributed by atoms with Crippen LogP contribution < -0.4 is 10.2 Å². The zero-order valence-corrected chi connectivity index (χ0v) is 11.7. The normalized spacial score (nSPS) is 20.2. The minimum atomic E-state index is -4.47. The summed E-state index contributed by atoms with van der Waals surface area (Å²) in [5, 5.41) is 3.68. The summed E-state index contributed by atoms with van der Waals surface area (Å²) >= 11 is 0.813. The Kier molecular flexibility index (Phi) is 4.29. The maximum atomic E-state index is 12.5. The van der Waals surface area contributed by atoms with Gasteiger partial charge in [0.1, 0.15) is 0 Å². The molecule has 1 saturated heterocycles. The molecule has 0 saturated carbocycles. The number of aromatic nitrogens is 2. The van der Waals surface area contributed by atoms with Gasteiger partial charge in [-0.15, -0.1) is 0 Å². The summed E-state index contributed by atoms with van der Waals surface area (Å²) in [6, 6.07) is 0.414. The first-order valence-corrected chi connectivity index (χ1v) is 7.06. The van der Waals surface area contributed by atoms with Crippen molar-refractivity contribution in [1.82, 2.24) is 14.7 Å². The van der Waals surface area contributed by atoms with E-state index in [-0.39, 0.29) is 6.04 Å². The summed E-state index contributed by atoms with van der Waals surface area (Å²) in [6.07, 6.45) is -2.31. The van der Waals surface area contributed by atoms with E-state index in [0.29, 0.717) is 17.7 Å². The van der Waals surface area contributed by atoms with E-state index in [1.165, 1.54) is 0 Å². The monoisotopic (exact) mass is 294 g/mol. The predicted octanol–water partition coefficient (Wildman–Crippen LogP) is 2.52. The first kappa shape index (κ1) is 14.5. The number of nitrogens with one attached hydrogen (secondary N) is 1. The van der Waals surface area contributed by atoms with Gasteiger partial charge in [0, 0.05) is 30.2 Å². The van der Waals surface area contributed by atoms with Crippen molar-refractivity contribution in [2.45, 2.75) is 44.9 Å². The Morgan fingerprint density at radius 3 is 2.68 bits per heavy atom. The maximum absolute atomic E-state index is 12.5. The SMILES string of the molecule is CC(C)N(CC1CCCN1)c1nc(C(F)(F)F)ns1. The number of rotatable bonds is 4. The fraction of sp³-hybridized carbons (Fsp3) is 0.818. The van der Waals surface area contributed by atoms with Gasteiger partial charge in [0.2, 0.25) is 11.0 Å². The van der Waals surface area contributed by atoms with Crippen LogP contribution in [0, 0.1) is 0 Å². The van der Waals surface area contributed by atoms with Gasteiger partial charge in [-0.05, 0) is 33.2 Å². The predicted molar refractivity (Wildman–Crippen MR) is 68.4 cm³/mol. The highest BCUT2D eigenvalue weighted by Gasteiger charge is 2.37. The average molecular weight is 294 g/mol. The first-order chi connectivity index (χ1) is 8.88. The van der Waals surface area contributed by atoms with Crippen LogP contribution in [-0.4, -0.2) is 34.5 Å². The summed E-state index contributed by atoms with van der Waals surface area (Å²) in [5.74, 6) is -1.04. The maximum Gasteiger partial charge on any atom is 0.452 e. The van der Waals surface area contributed by atoms with Crippen LogP contribution >= 0.6 is 11.5 Å². The molecule has 0 aromatic carbocycles. The molecule has 1 aliphatic heterocycles. The third kappa shape index (κ3) is 3.56. The molecule has 1 aromatic rings. The van der Waals surface area contributed by atoms with Crippen molar-refractivity contribution in [3.8, 4) is 0 Å². The molecule has 0 aliphatic carbocycles. The third-order valence-electron chi connectivity index (χ3n) is 3.12. The fourth-order valence-corrected chi connectivity index (χ4v) is 2.94. The zero-order chi connectivity index (χ0) is 14.0. The average Bonchev–Trinajstić information content (AvgIpc) is 2.95. The smallest absolute Gasteiger partial charge is 0.343 e. The van der Waals surface area contributed by atoms with Crippen LogP contribution in [0.2, 0.25) is 0 Å². The third-order valence-corrected chi connectivity index (χ3v) is 3.87. The molecule has 1 aromatic heterocycles. The lowest BCUT2D eigenvalue weighted by atomic mass is 10.2. The molecule has 1 N–H and O–H groups in total. The molecule has 8 heteroatoms. The molecular formula is C11H17F3N4S. The van der Waals surface area contributed by atoms with E-state index in [2.05, 4.69) is 14.7 Å². The minimum absolute atomic E-state index is 0.0939. The van der Waals surface area contributed by atoms with Crippen molar-refractivity contribution in [1.29, 1.82) is 0 Å². The van der Waals surface area contributed by atoms with Crippen LogP contribution in [0.15, 0.2) is 0 Å². The number of halogens is 3. The zero-order valence-electron chi connectivity index (χ0n) is 10.9. The lowest BCUT2D eigenvalue weighted by Crippen LogP contribution is -2.41. The Balaban J connectivity index is 2.12. The number of nitrogens with zero attached hydrogens (tertiary/aromatic N) is 3. The summed E-state index contributed by atoms with van der Waals surface area (Å²) in [5.41, 5.74) is 0. The van der Waals surface area contributed by atoms with E-state index in [1.54, 1.807) is 0 Å². The quantitative estimate of drug-likeness (QED) is 0.926. The molecule has 1 atom stereocenters. The molecule has 1 aliphatic rings. The van der Waals surface area contributed by atoms with Crippen LogP contribution in [0.25, 0.3) is 0 Å². The number of alkyl halides is 3.